The minimum Gasteiger partial charge on any atom is -0.445 e. The molecule has 0 spiro atoms. The van der Waals surface area contributed by atoms with Gasteiger partial charge in [-0.25, -0.2) is 14.8 Å². The number of aryl methyl sites for hydroxylation is 1. The van der Waals surface area contributed by atoms with Crippen molar-refractivity contribution >= 4 is 34.3 Å². The van der Waals surface area contributed by atoms with Crippen molar-refractivity contribution in [2.45, 2.75) is 37.2 Å². The first-order valence-electron chi connectivity index (χ1n) is 7.14. The number of thioether (sulfide) groups is 1. The zero-order valence-corrected chi connectivity index (χ0v) is 14.5. The average molecular weight is 340 g/mol. The summed E-state index contributed by atoms with van der Waals surface area (Å²) in [6.45, 7) is 6.77. The van der Waals surface area contributed by atoms with Crippen LogP contribution in [0.1, 0.15) is 32.4 Å². The fourth-order valence-electron chi connectivity index (χ4n) is 1.53. The van der Waals surface area contributed by atoms with Crippen LogP contribution in [0.3, 0.4) is 0 Å². The summed E-state index contributed by atoms with van der Waals surface area (Å²) >= 11 is 3.03. The second-order valence-corrected chi connectivity index (χ2v) is 7.38. The summed E-state index contributed by atoms with van der Waals surface area (Å²) in [6, 6.07) is -0.222. The minimum atomic E-state index is -0.222. The lowest BCUT2D eigenvalue weighted by atomic mass is 10.2. The summed E-state index contributed by atoms with van der Waals surface area (Å²) in [7, 11) is 0. The van der Waals surface area contributed by atoms with Gasteiger partial charge in [0.25, 0.3) is 0 Å². The van der Waals surface area contributed by atoms with E-state index in [4.69, 9.17) is 4.42 Å². The van der Waals surface area contributed by atoms with Crippen LogP contribution in [0.25, 0.3) is 0 Å². The fraction of sp³-hybridized carbons (Fsp3) is 0.500. The first-order valence-corrected chi connectivity index (χ1v) is 8.94. The molecule has 8 heteroatoms. The van der Waals surface area contributed by atoms with Gasteiger partial charge in [0, 0.05) is 13.0 Å². The maximum absolute atomic E-state index is 11.7. The lowest BCUT2D eigenvalue weighted by Gasteiger charge is -2.06. The second kappa shape index (κ2) is 8.19. The number of hydrogen-bond acceptors (Lipinski definition) is 6. The smallest absolute Gasteiger partial charge is 0.321 e. The van der Waals surface area contributed by atoms with Crippen LogP contribution in [0.4, 0.5) is 9.93 Å². The van der Waals surface area contributed by atoms with Gasteiger partial charge in [-0.15, -0.1) is 11.8 Å². The quantitative estimate of drug-likeness (QED) is 0.750. The van der Waals surface area contributed by atoms with Gasteiger partial charge in [-0.1, -0.05) is 32.1 Å². The van der Waals surface area contributed by atoms with Crippen LogP contribution in [0.2, 0.25) is 0 Å². The number of nitrogens with zero attached hydrogens (tertiary/aromatic N) is 2. The molecule has 0 unspecified atom stereocenters. The lowest BCUT2D eigenvalue weighted by molar-refractivity contribution is 0.251. The summed E-state index contributed by atoms with van der Waals surface area (Å²) in [4.78, 5) is 20.1. The molecular weight excluding hydrogens is 320 g/mol. The molecule has 2 N–H and O–H groups in total. The number of thiazole rings is 1. The van der Waals surface area contributed by atoms with Crippen LogP contribution in [0.15, 0.2) is 21.0 Å². The highest BCUT2D eigenvalue weighted by atomic mass is 32.2. The highest BCUT2D eigenvalue weighted by Gasteiger charge is 2.09. The average Bonchev–Trinajstić information content (AvgIpc) is 3.11. The van der Waals surface area contributed by atoms with Crippen LogP contribution >= 0.6 is 23.1 Å². The van der Waals surface area contributed by atoms with E-state index in [0.29, 0.717) is 29.2 Å². The van der Waals surface area contributed by atoms with E-state index in [-0.39, 0.29) is 6.03 Å². The Balaban J connectivity index is 1.79. The zero-order valence-electron chi connectivity index (χ0n) is 12.9. The van der Waals surface area contributed by atoms with E-state index in [2.05, 4.69) is 20.6 Å². The van der Waals surface area contributed by atoms with Gasteiger partial charge in [0.15, 0.2) is 5.13 Å². The highest BCUT2D eigenvalue weighted by molar-refractivity contribution is 8.00. The van der Waals surface area contributed by atoms with Gasteiger partial charge < -0.3 is 9.73 Å². The Bertz CT molecular complexity index is 610. The standard InChI is InChI=1S/C14H20N4O2S2/c1-4-10-6-15-11(20-10)8-21-12-7-17-14(22-12)18-13(19)16-5-9(2)3/h6-7,9H,4-5,8H2,1-3H3,(H2,16,17,18,19). The SMILES string of the molecule is CCc1cnc(CSc2cnc(NC(=O)NCC(C)C)s2)o1. The number of urea groups is 1. The predicted octanol–water partition coefficient (Wildman–Crippen LogP) is 3.76. The predicted molar refractivity (Wildman–Crippen MR) is 89.4 cm³/mol. The molecular formula is C14H20N4O2S2. The van der Waals surface area contributed by atoms with Crippen molar-refractivity contribution in [3.63, 3.8) is 0 Å². The number of amides is 2. The summed E-state index contributed by atoms with van der Waals surface area (Å²) in [6.07, 6.45) is 4.35. The van der Waals surface area contributed by atoms with Crippen LogP contribution in [-0.4, -0.2) is 22.5 Å². The van der Waals surface area contributed by atoms with Crippen molar-refractivity contribution in [2.24, 2.45) is 5.92 Å². The Morgan fingerprint density at radius 2 is 2.23 bits per heavy atom. The summed E-state index contributed by atoms with van der Waals surface area (Å²) < 4.78 is 6.56. The van der Waals surface area contributed by atoms with E-state index in [1.54, 1.807) is 24.2 Å². The molecule has 0 bridgehead atoms. The van der Waals surface area contributed by atoms with Crippen molar-refractivity contribution in [2.75, 3.05) is 11.9 Å². The van der Waals surface area contributed by atoms with Gasteiger partial charge in [0.2, 0.25) is 5.89 Å². The number of anilines is 1. The Kier molecular flexibility index (Phi) is 6.26. The molecule has 2 aromatic rings. The molecule has 0 aliphatic heterocycles. The molecule has 0 saturated heterocycles. The van der Waals surface area contributed by atoms with E-state index < -0.39 is 0 Å². The van der Waals surface area contributed by atoms with Crippen molar-refractivity contribution in [1.82, 2.24) is 15.3 Å². The third-order valence-corrected chi connectivity index (χ3v) is 4.76. The Morgan fingerprint density at radius 1 is 1.41 bits per heavy atom. The normalized spacial score (nSPS) is 10.9. The van der Waals surface area contributed by atoms with Gasteiger partial charge in [0.05, 0.1) is 22.4 Å². The zero-order chi connectivity index (χ0) is 15.9. The Labute approximate surface area is 138 Å². The van der Waals surface area contributed by atoms with Gasteiger partial charge in [-0.3, -0.25) is 5.32 Å². The molecule has 0 aromatic carbocycles. The Morgan fingerprint density at radius 3 is 2.91 bits per heavy atom. The van der Waals surface area contributed by atoms with Crippen molar-refractivity contribution < 1.29 is 9.21 Å². The molecule has 0 radical (unpaired) electrons. The maximum Gasteiger partial charge on any atom is 0.321 e. The fourth-order valence-corrected chi connectivity index (χ4v) is 3.25. The Hall–Kier alpha value is -1.54. The largest absolute Gasteiger partial charge is 0.445 e. The van der Waals surface area contributed by atoms with Gasteiger partial charge in [-0.2, -0.15) is 0 Å². The number of nitrogens with one attached hydrogen (secondary N) is 2. The molecule has 2 rings (SSSR count). The number of carbonyl (C=O) groups is 1. The van der Waals surface area contributed by atoms with E-state index in [1.165, 1.54) is 11.3 Å². The van der Waals surface area contributed by atoms with Crippen LogP contribution in [0.5, 0.6) is 0 Å². The molecule has 6 nitrogen and oxygen atoms in total. The van der Waals surface area contributed by atoms with Crippen LogP contribution in [0, 0.1) is 5.92 Å². The number of rotatable bonds is 7. The molecule has 22 heavy (non-hydrogen) atoms. The molecule has 0 aliphatic carbocycles. The van der Waals surface area contributed by atoms with Gasteiger partial charge in [0.1, 0.15) is 5.76 Å². The molecule has 0 aliphatic rings. The van der Waals surface area contributed by atoms with E-state index in [1.807, 2.05) is 20.8 Å². The minimum absolute atomic E-state index is 0.222. The monoisotopic (exact) mass is 340 g/mol. The molecule has 2 amide bonds. The second-order valence-electron chi connectivity index (χ2n) is 5.08. The van der Waals surface area contributed by atoms with Gasteiger partial charge in [-0.05, 0) is 5.92 Å². The summed E-state index contributed by atoms with van der Waals surface area (Å²) in [5, 5.41) is 6.11. The first kappa shape index (κ1) is 16.8. The number of oxazole rings is 1. The highest BCUT2D eigenvalue weighted by Crippen LogP contribution is 2.30. The van der Waals surface area contributed by atoms with E-state index >= 15 is 0 Å². The van der Waals surface area contributed by atoms with E-state index in [0.717, 1.165) is 16.4 Å². The number of hydrogen-bond donors (Lipinski definition) is 2. The van der Waals surface area contributed by atoms with E-state index in [9.17, 15) is 4.79 Å². The third kappa shape index (κ3) is 5.34. The van der Waals surface area contributed by atoms with Crippen LogP contribution in [-0.2, 0) is 12.2 Å². The van der Waals surface area contributed by atoms with Gasteiger partial charge >= 0.3 is 6.03 Å². The molecule has 2 heterocycles. The molecule has 0 fully saturated rings. The lowest BCUT2D eigenvalue weighted by Crippen LogP contribution is -2.31. The van der Waals surface area contributed by atoms with Crippen molar-refractivity contribution in [3.8, 4) is 0 Å². The molecule has 2 aromatic heterocycles. The number of aromatic nitrogens is 2. The maximum atomic E-state index is 11.7. The summed E-state index contributed by atoms with van der Waals surface area (Å²) in [5.74, 6) is 2.67. The van der Waals surface area contributed by atoms with Crippen LogP contribution < -0.4 is 10.6 Å². The molecule has 120 valence electrons. The topological polar surface area (TPSA) is 80.0 Å². The molecule has 0 atom stereocenters. The first-order chi connectivity index (χ1) is 10.6. The van der Waals surface area contributed by atoms with Crippen molar-refractivity contribution in [3.05, 3.63) is 24.0 Å². The number of carbonyl (C=O) groups excluding carboxylic acids is 1. The third-order valence-electron chi connectivity index (χ3n) is 2.66. The van der Waals surface area contributed by atoms with Crippen molar-refractivity contribution in [1.29, 1.82) is 0 Å². The summed E-state index contributed by atoms with van der Waals surface area (Å²) in [5.41, 5.74) is 0. The molecule has 0 saturated carbocycles.